The van der Waals surface area contributed by atoms with Crippen molar-refractivity contribution < 1.29 is 18.0 Å². The van der Waals surface area contributed by atoms with E-state index in [1.165, 1.54) is 12.1 Å². The van der Waals surface area contributed by atoms with Gasteiger partial charge in [0.05, 0.1) is 17.2 Å². The second-order valence-electron chi connectivity index (χ2n) is 6.10. The molecule has 1 heterocycles. The van der Waals surface area contributed by atoms with E-state index in [0.717, 1.165) is 18.9 Å². The molecule has 0 spiro atoms. The van der Waals surface area contributed by atoms with Gasteiger partial charge in [0.15, 0.2) is 0 Å². The number of anilines is 1. The fourth-order valence-electron chi connectivity index (χ4n) is 2.94. The Morgan fingerprint density at radius 3 is 2.70 bits per heavy atom. The molecule has 0 aromatic heterocycles. The lowest BCUT2D eigenvalue weighted by molar-refractivity contribution is -0.137. The molecule has 4 nitrogen and oxygen atoms in total. The summed E-state index contributed by atoms with van der Waals surface area (Å²) in [7, 11) is 0. The summed E-state index contributed by atoms with van der Waals surface area (Å²) in [5.41, 5.74) is -0.863. The maximum Gasteiger partial charge on any atom is 0.417 e. The molecule has 1 N–H and O–H groups in total. The summed E-state index contributed by atoms with van der Waals surface area (Å²) in [5.74, 6) is 0.306. The molecule has 1 aromatic carbocycles. The quantitative estimate of drug-likeness (QED) is 0.927. The van der Waals surface area contributed by atoms with Crippen molar-refractivity contribution in [2.24, 2.45) is 5.92 Å². The second-order valence-corrected chi connectivity index (χ2v) is 6.10. The molecule has 7 heteroatoms. The van der Waals surface area contributed by atoms with Crippen LogP contribution >= 0.6 is 0 Å². The maximum absolute atomic E-state index is 12.8. The highest BCUT2D eigenvalue weighted by molar-refractivity contribution is 5.79. The first kappa shape index (κ1) is 15.7. The van der Waals surface area contributed by atoms with Crippen LogP contribution in [0.1, 0.15) is 30.4 Å². The van der Waals surface area contributed by atoms with E-state index >= 15 is 0 Å². The highest BCUT2D eigenvalue weighted by Gasteiger charge is 2.39. The van der Waals surface area contributed by atoms with Crippen LogP contribution in [0.25, 0.3) is 0 Å². The third kappa shape index (κ3) is 3.41. The number of halogens is 3. The second kappa shape index (κ2) is 5.76. The lowest BCUT2D eigenvalue weighted by atomic mass is 10.1. The zero-order chi connectivity index (χ0) is 16.6. The lowest BCUT2D eigenvalue weighted by Gasteiger charge is -2.16. The third-order valence-electron chi connectivity index (χ3n) is 4.27. The molecular formula is C16H16F3N3O. The highest BCUT2D eigenvalue weighted by atomic mass is 19.4. The standard InChI is InChI=1S/C16H16F3N3O/c17-16(18,19)14-4-1-12(6-11(14)7-20)21-8-10-5-15(23)22(9-10)13-2-3-13/h1,4,6,10,13,21H,2-3,5,8-9H2/t10-/m1/s1. The van der Waals surface area contributed by atoms with Gasteiger partial charge in [-0.3, -0.25) is 4.79 Å². The van der Waals surface area contributed by atoms with Gasteiger partial charge in [0, 0.05) is 37.2 Å². The predicted molar refractivity (Wildman–Crippen MR) is 77.5 cm³/mol. The first-order chi connectivity index (χ1) is 10.9. The van der Waals surface area contributed by atoms with Crippen molar-refractivity contribution in [1.82, 2.24) is 4.90 Å². The van der Waals surface area contributed by atoms with E-state index in [1.54, 1.807) is 6.07 Å². The lowest BCUT2D eigenvalue weighted by Crippen LogP contribution is -2.28. The molecule has 122 valence electrons. The van der Waals surface area contributed by atoms with Crippen LogP contribution in [0.3, 0.4) is 0 Å². The fraction of sp³-hybridized carbons (Fsp3) is 0.500. The Balaban J connectivity index is 1.63. The van der Waals surface area contributed by atoms with E-state index in [0.29, 0.717) is 31.2 Å². The van der Waals surface area contributed by atoms with Crippen molar-refractivity contribution in [2.45, 2.75) is 31.5 Å². The molecule has 23 heavy (non-hydrogen) atoms. The van der Waals surface area contributed by atoms with E-state index in [-0.39, 0.29) is 11.8 Å². The summed E-state index contributed by atoms with van der Waals surface area (Å²) in [6, 6.07) is 5.42. The molecule has 2 fully saturated rings. The molecule has 0 radical (unpaired) electrons. The van der Waals surface area contributed by atoms with Crippen molar-refractivity contribution in [2.75, 3.05) is 18.4 Å². The van der Waals surface area contributed by atoms with Gasteiger partial charge in [-0.15, -0.1) is 0 Å². The predicted octanol–water partition coefficient (Wildman–Crippen LogP) is 3.00. The Morgan fingerprint density at radius 1 is 1.35 bits per heavy atom. The molecule has 1 aliphatic carbocycles. The van der Waals surface area contributed by atoms with E-state index in [9.17, 15) is 18.0 Å². The Kier molecular flexibility index (Phi) is 3.92. The number of benzene rings is 1. The van der Waals surface area contributed by atoms with E-state index < -0.39 is 17.3 Å². The average Bonchev–Trinajstić information content (AvgIpc) is 3.27. The Bertz CT molecular complexity index is 662. The molecule has 0 bridgehead atoms. The summed E-state index contributed by atoms with van der Waals surface area (Å²) >= 11 is 0. The minimum atomic E-state index is -4.54. The first-order valence-electron chi connectivity index (χ1n) is 7.53. The fourth-order valence-corrected chi connectivity index (χ4v) is 2.94. The molecule has 1 amide bonds. The van der Waals surface area contributed by atoms with Gasteiger partial charge in [-0.2, -0.15) is 18.4 Å². The first-order valence-corrected chi connectivity index (χ1v) is 7.53. The molecule has 3 rings (SSSR count). The van der Waals surface area contributed by atoms with E-state index in [1.807, 2.05) is 4.90 Å². The summed E-state index contributed by atoms with van der Waals surface area (Å²) < 4.78 is 38.3. The molecule has 1 saturated carbocycles. The molecule has 1 aliphatic heterocycles. The monoisotopic (exact) mass is 323 g/mol. The van der Waals surface area contributed by atoms with Crippen LogP contribution in [0, 0.1) is 17.2 Å². The van der Waals surface area contributed by atoms with Crippen molar-refractivity contribution in [3.05, 3.63) is 29.3 Å². The van der Waals surface area contributed by atoms with Crippen molar-refractivity contribution in [3.8, 4) is 6.07 Å². The molecule has 1 atom stereocenters. The van der Waals surface area contributed by atoms with Crippen LogP contribution in [0.2, 0.25) is 0 Å². The van der Waals surface area contributed by atoms with Gasteiger partial charge in [-0.25, -0.2) is 0 Å². The molecule has 1 saturated heterocycles. The van der Waals surface area contributed by atoms with Gasteiger partial charge in [-0.1, -0.05) is 0 Å². The largest absolute Gasteiger partial charge is 0.417 e. The summed E-state index contributed by atoms with van der Waals surface area (Å²) in [6.45, 7) is 1.20. The SMILES string of the molecule is N#Cc1cc(NC[C@H]2CC(=O)N(C3CC3)C2)ccc1C(F)(F)F. The van der Waals surface area contributed by atoms with Crippen LogP contribution in [0.15, 0.2) is 18.2 Å². The number of rotatable bonds is 4. The zero-order valence-electron chi connectivity index (χ0n) is 12.4. The van der Waals surface area contributed by atoms with Crippen molar-refractivity contribution in [3.63, 3.8) is 0 Å². The number of nitriles is 1. The van der Waals surface area contributed by atoms with Crippen LogP contribution in [0.5, 0.6) is 0 Å². The number of carbonyl (C=O) groups excluding carboxylic acids is 1. The van der Waals surface area contributed by atoms with Gasteiger partial charge in [0.1, 0.15) is 0 Å². The number of hydrogen-bond acceptors (Lipinski definition) is 3. The molecule has 0 unspecified atom stereocenters. The Hall–Kier alpha value is -2.23. The van der Waals surface area contributed by atoms with Gasteiger partial charge < -0.3 is 10.2 Å². The number of alkyl halides is 3. The Labute approximate surface area is 131 Å². The highest BCUT2D eigenvalue weighted by Crippen LogP contribution is 2.34. The van der Waals surface area contributed by atoms with Gasteiger partial charge >= 0.3 is 6.18 Å². The molecule has 1 aromatic rings. The van der Waals surface area contributed by atoms with Crippen molar-refractivity contribution in [1.29, 1.82) is 5.26 Å². The van der Waals surface area contributed by atoms with Crippen molar-refractivity contribution >= 4 is 11.6 Å². The molecule has 2 aliphatic rings. The zero-order valence-corrected chi connectivity index (χ0v) is 12.4. The van der Waals surface area contributed by atoms with Gasteiger partial charge in [0.2, 0.25) is 5.91 Å². The minimum Gasteiger partial charge on any atom is -0.385 e. The van der Waals surface area contributed by atoms with E-state index in [2.05, 4.69) is 5.32 Å². The third-order valence-corrected chi connectivity index (χ3v) is 4.27. The number of carbonyl (C=O) groups is 1. The normalized spacial score (nSPS) is 21.4. The van der Waals surface area contributed by atoms with Gasteiger partial charge in [-0.05, 0) is 31.0 Å². The molecular weight excluding hydrogens is 307 g/mol. The maximum atomic E-state index is 12.8. The number of hydrogen-bond donors (Lipinski definition) is 1. The van der Waals surface area contributed by atoms with Gasteiger partial charge in [0.25, 0.3) is 0 Å². The summed E-state index contributed by atoms with van der Waals surface area (Å²) in [6.07, 6.45) is -1.94. The minimum absolute atomic E-state index is 0.149. The number of amides is 1. The van der Waals surface area contributed by atoms with Crippen LogP contribution in [0.4, 0.5) is 18.9 Å². The number of likely N-dealkylation sites (tertiary alicyclic amines) is 1. The Morgan fingerprint density at radius 2 is 2.09 bits per heavy atom. The smallest absolute Gasteiger partial charge is 0.385 e. The van der Waals surface area contributed by atoms with Crippen LogP contribution in [-0.4, -0.2) is 29.9 Å². The number of nitrogens with one attached hydrogen (secondary N) is 1. The summed E-state index contributed by atoms with van der Waals surface area (Å²) in [5, 5.41) is 11.9. The number of nitrogens with zero attached hydrogens (tertiary/aromatic N) is 2. The van der Waals surface area contributed by atoms with Crippen LogP contribution in [-0.2, 0) is 11.0 Å². The summed E-state index contributed by atoms with van der Waals surface area (Å²) in [4.78, 5) is 13.8. The topological polar surface area (TPSA) is 56.1 Å². The van der Waals surface area contributed by atoms with Crippen LogP contribution < -0.4 is 5.32 Å². The average molecular weight is 323 g/mol. The van der Waals surface area contributed by atoms with E-state index in [4.69, 9.17) is 5.26 Å².